The molecule has 0 aliphatic carbocycles. The lowest BCUT2D eigenvalue weighted by Crippen LogP contribution is -2.35. The fourth-order valence-corrected chi connectivity index (χ4v) is 3.27. The van der Waals surface area contributed by atoms with E-state index in [1.165, 1.54) is 6.07 Å². The monoisotopic (exact) mass is 365 g/mol. The Kier molecular flexibility index (Phi) is 4.39. The highest BCUT2D eigenvalue weighted by molar-refractivity contribution is 5.56. The molecule has 1 atom stereocenters. The first kappa shape index (κ1) is 17.3. The van der Waals surface area contributed by atoms with Crippen molar-refractivity contribution in [2.45, 2.75) is 19.4 Å². The molecule has 0 unspecified atom stereocenters. The van der Waals surface area contributed by atoms with Crippen LogP contribution in [0.25, 0.3) is 11.6 Å². The first-order valence-corrected chi connectivity index (χ1v) is 8.77. The minimum absolute atomic E-state index is 0.0104. The standard InChI is InChI=1S/C19H20FN7/c1-12-14-11-23-19(18-21-6-4-7-22-18)24-15(14)5-8-27(12)17-10-13(26(2)3)9-16(20)25-17/h4,6-7,9-12H,5,8H2,1-3H3/t12-/m0/s1. The maximum Gasteiger partial charge on any atom is 0.216 e. The van der Waals surface area contributed by atoms with Crippen molar-refractivity contribution in [1.29, 1.82) is 0 Å². The molecule has 0 fully saturated rings. The summed E-state index contributed by atoms with van der Waals surface area (Å²) in [6.45, 7) is 2.76. The van der Waals surface area contributed by atoms with Crippen LogP contribution in [0.15, 0.2) is 36.8 Å². The van der Waals surface area contributed by atoms with E-state index in [0.29, 0.717) is 24.0 Å². The van der Waals surface area contributed by atoms with Crippen LogP contribution >= 0.6 is 0 Å². The highest BCUT2D eigenvalue weighted by atomic mass is 19.1. The van der Waals surface area contributed by atoms with Gasteiger partial charge in [0.15, 0.2) is 11.6 Å². The fraction of sp³-hybridized carbons (Fsp3) is 0.316. The van der Waals surface area contributed by atoms with Gasteiger partial charge in [0.05, 0.1) is 11.7 Å². The molecule has 3 aromatic rings. The quantitative estimate of drug-likeness (QED) is 0.661. The van der Waals surface area contributed by atoms with Gasteiger partial charge in [-0.1, -0.05) is 0 Å². The first-order chi connectivity index (χ1) is 13.0. The van der Waals surface area contributed by atoms with E-state index in [4.69, 9.17) is 0 Å². The largest absolute Gasteiger partial charge is 0.377 e. The Morgan fingerprint density at radius 2 is 1.85 bits per heavy atom. The maximum absolute atomic E-state index is 14.0. The van der Waals surface area contributed by atoms with Gasteiger partial charge >= 0.3 is 0 Å². The smallest absolute Gasteiger partial charge is 0.216 e. The third-order valence-corrected chi connectivity index (χ3v) is 4.75. The van der Waals surface area contributed by atoms with Crippen molar-refractivity contribution in [3.63, 3.8) is 0 Å². The highest BCUT2D eigenvalue weighted by Crippen LogP contribution is 2.33. The van der Waals surface area contributed by atoms with Crippen molar-refractivity contribution in [3.8, 4) is 11.6 Å². The van der Waals surface area contributed by atoms with Gasteiger partial charge in [0.2, 0.25) is 5.95 Å². The molecule has 0 saturated heterocycles. The van der Waals surface area contributed by atoms with Crippen LogP contribution in [0.2, 0.25) is 0 Å². The zero-order chi connectivity index (χ0) is 19.0. The zero-order valence-electron chi connectivity index (χ0n) is 15.5. The normalized spacial score (nSPS) is 16.1. The molecule has 0 radical (unpaired) electrons. The second kappa shape index (κ2) is 6.86. The van der Waals surface area contributed by atoms with Crippen molar-refractivity contribution >= 4 is 11.5 Å². The van der Waals surface area contributed by atoms with Gasteiger partial charge < -0.3 is 9.80 Å². The number of nitrogens with zero attached hydrogens (tertiary/aromatic N) is 7. The number of hydrogen-bond acceptors (Lipinski definition) is 7. The number of pyridine rings is 1. The molecule has 0 N–H and O–H groups in total. The Bertz CT molecular complexity index is 962. The average molecular weight is 365 g/mol. The third kappa shape index (κ3) is 3.30. The maximum atomic E-state index is 14.0. The Labute approximate surface area is 157 Å². The number of halogens is 1. The summed E-state index contributed by atoms with van der Waals surface area (Å²) < 4.78 is 14.0. The number of rotatable bonds is 3. The Hall–Kier alpha value is -3.16. The SMILES string of the molecule is C[C@H]1c2cnc(-c3ncccn3)nc2CCN1c1cc(N(C)C)cc(F)n1. The summed E-state index contributed by atoms with van der Waals surface area (Å²) in [7, 11) is 3.77. The van der Waals surface area contributed by atoms with Crippen LogP contribution in [0, 0.1) is 5.95 Å². The van der Waals surface area contributed by atoms with Crippen LogP contribution in [0.5, 0.6) is 0 Å². The lowest BCUT2D eigenvalue weighted by atomic mass is 9.99. The minimum Gasteiger partial charge on any atom is -0.377 e. The second-order valence-electron chi connectivity index (χ2n) is 6.69. The van der Waals surface area contributed by atoms with E-state index in [2.05, 4.69) is 36.7 Å². The summed E-state index contributed by atoms with van der Waals surface area (Å²) in [6.07, 6.45) is 5.88. The molecule has 7 nitrogen and oxygen atoms in total. The summed E-state index contributed by atoms with van der Waals surface area (Å²) in [6, 6.07) is 5.08. The van der Waals surface area contributed by atoms with E-state index >= 15 is 0 Å². The predicted molar refractivity (Wildman–Crippen MR) is 101 cm³/mol. The van der Waals surface area contributed by atoms with Gasteiger partial charge in [-0.15, -0.1) is 0 Å². The molecule has 0 saturated carbocycles. The Balaban J connectivity index is 1.67. The van der Waals surface area contributed by atoms with Crippen molar-refractivity contribution in [3.05, 3.63) is 54.0 Å². The van der Waals surface area contributed by atoms with Crippen LogP contribution in [-0.4, -0.2) is 45.6 Å². The molecule has 3 aromatic heterocycles. The van der Waals surface area contributed by atoms with Crippen molar-refractivity contribution in [2.75, 3.05) is 30.4 Å². The summed E-state index contributed by atoms with van der Waals surface area (Å²) >= 11 is 0. The number of aromatic nitrogens is 5. The summed E-state index contributed by atoms with van der Waals surface area (Å²) in [5.41, 5.74) is 2.77. The minimum atomic E-state index is -0.484. The molecule has 4 rings (SSSR count). The molecule has 1 aliphatic rings. The zero-order valence-corrected chi connectivity index (χ0v) is 15.5. The van der Waals surface area contributed by atoms with Crippen LogP contribution < -0.4 is 9.80 Å². The molecular weight excluding hydrogens is 345 g/mol. The summed E-state index contributed by atoms with van der Waals surface area (Å²) in [4.78, 5) is 25.6. The molecule has 4 heterocycles. The number of hydrogen-bond donors (Lipinski definition) is 0. The topological polar surface area (TPSA) is 70.9 Å². The van der Waals surface area contributed by atoms with E-state index in [0.717, 1.165) is 23.4 Å². The molecule has 8 heteroatoms. The fourth-order valence-electron chi connectivity index (χ4n) is 3.27. The predicted octanol–water partition coefficient (Wildman–Crippen LogP) is 2.66. The van der Waals surface area contributed by atoms with Crippen molar-refractivity contribution in [1.82, 2.24) is 24.9 Å². The van der Waals surface area contributed by atoms with Gasteiger partial charge in [-0.25, -0.2) is 24.9 Å². The lowest BCUT2D eigenvalue weighted by Gasteiger charge is -2.35. The molecule has 0 amide bonds. The third-order valence-electron chi connectivity index (χ3n) is 4.75. The number of fused-ring (bicyclic) bond motifs is 1. The molecule has 1 aliphatic heterocycles. The molecule has 138 valence electrons. The van der Waals surface area contributed by atoms with Gasteiger partial charge in [-0.3, -0.25) is 0 Å². The van der Waals surface area contributed by atoms with Crippen LogP contribution in [0.4, 0.5) is 15.9 Å². The van der Waals surface area contributed by atoms with Gasteiger partial charge in [-0.2, -0.15) is 4.39 Å². The molecular formula is C19H20FN7. The Morgan fingerprint density at radius 3 is 2.59 bits per heavy atom. The van der Waals surface area contributed by atoms with Crippen LogP contribution in [0.1, 0.15) is 24.2 Å². The Morgan fingerprint density at radius 1 is 1.07 bits per heavy atom. The number of anilines is 2. The highest BCUT2D eigenvalue weighted by Gasteiger charge is 2.27. The van der Waals surface area contributed by atoms with Gasteiger partial charge in [-0.05, 0) is 13.0 Å². The first-order valence-electron chi connectivity index (χ1n) is 8.77. The van der Waals surface area contributed by atoms with Crippen LogP contribution in [0.3, 0.4) is 0 Å². The molecule has 0 spiro atoms. The van der Waals surface area contributed by atoms with Gasteiger partial charge in [0, 0.05) is 69.0 Å². The van der Waals surface area contributed by atoms with Gasteiger partial charge in [0.1, 0.15) is 5.82 Å². The van der Waals surface area contributed by atoms with E-state index in [1.807, 2.05) is 31.3 Å². The molecule has 27 heavy (non-hydrogen) atoms. The second-order valence-corrected chi connectivity index (χ2v) is 6.69. The molecule has 0 aromatic carbocycles. The molecule has 0 bridgehead atoms. The van der Waals surface area contributed by atoms with E-state index in [-0.39, 0.29) is 6.04 Å². The van der Waals surface area contributed by atoms with E-state index < -0.39 is 5.95 Å². The average Bonchev–Trinajstić information content (AvgIpc) is 2.68. The van der Waals surface area contributed by atoms with Gasteiger partial charge in [0.25, 0.3) is 0 Å². The van der Waals surface area contributed by atoms with E-state index in [9.17, 15) is 4.39 Å². The van der Waals surface area contributed by atoms with Crippen molar-refractivity contribution in [2.24, 2.45) is 0 Å². The van der Waals surface area contributed by atoms with Crippen LogP contribution in [-0.2, 0) is 6.42 Å². The van der Waals surface area contributed by atoms with Crippen molar-refractivity contribution < 1.29 is 4.39 Å². The van der Waals surface area contributed by atoms with E-state index in [1.54, 1.807) is 18.5 Å². The lowest BCUT2D eigenvalue weighted by molar-refractivity contribution is 0.562. The summed E-state index contributed by atoms with van der Waals surface area (Å²) in [5, 5.41) is 0. The summed E-state index contributed by atoms with van der Waals surface area (Å²) in [5.74, 6) is 1.17.